The molecule has 0 saturated carbocycles. The van der Waals surface area contributed by atoms with Crippen molar-refractivity contribution in [1.29, 1.82) is 0 Å². The van der Waals surface area contributed by atoms with Gasteiger partial charge in [0, 0.05) is 0 Å². The summed E-state index contributed by atoms with van der Waals surface area (Å²) in [5.74, 6) is 0. The van der Waals surface area contributed by atoms with Crippen LogP contribution in [-0.2, 0) is 13.8 Å². The van der Waals surface area contributed by atoms with Crippen molar-refractivity contribution in [3.8, 4) is 0 Å². The molecule has 0 aromatic rings. The van der Waals surface area contributed by atoms with Crippen LogP contribution in [0.15, 0.2) is 25.3 Å². The van der Waals surface area contributed by atoms with Gasteiger partial charge in [0.1, 0.15) is 13.2 Å². The van der Waals surface area contributed by atoms with Crippen LogP contribution in [0.1, 0.15) is 0 Å². The average Bonchev–Trinajstić information content (AvgIpc) is 2.10. The molecule has 0 bridgehead atoms. The SMILES string of the molecule is C=CCOC(=O)[P+](=O)OCC=C. The van der Waals surface area contributed by atoms with E-state index in [1.165, 1.54) is 12.2 Å². The monoisotopic (exact) mass is 189 g/mol. The molecule has 0 N–H and O–H groups in total. The molecule has 0 rings (SSSR count). The van der Waals surface area contributed by atoms with Crippen LogP contribution in [0.2, 0.25) is 0 Å². The molecule has 0 radical (unpaired) electrons. The molecule has 1 atom stereocenters. The molecule has 0 aliphatic carbocycles. The highest BCUT2D eigenvalue weighted by molar-refractivity contribution is 7.58. The van der Waals surface area contributed by atoms with Gasteiger partial charge in [0.15, 0.2) is 0 Å². The number of carbonyl (C=O) groups is 1. The Morgan fingerprint density at radius 3 is 2.42 bits per heavy atom. The van der Waals surface area contributed by atoms with Gasteiger partial charge in [-0.3, -0.25) is 0 Å². The zero-order valence-corrected chi connectivity index (χ0v) is 7.46. The van der Waals surface area contributed by atoms with Gasteiger partial charge in [0.05, 0.1) is 0 Å². The van der Waals surface area contributed by atoms with Crippen LogP contribution in [0, 0.1) is 0 Å². The summed E-state index contributed by atoms with van der Waals surface area (Å²) in [4.78, 5) is 10.7. The molecule has 0 saturated heterocycles. The van der Waals surface area contributed by atoms with Crippen LogP contribution in [0.4, 0.5) is 4.79 Å². The van der Waals surface area contributed by atoms with Crippen LogP contribution < -0.4 is 0 Å². The molecule has 1 unspecified atom stereocenters. The van der Waals surface area contributed by atoms with E-state index < -0.39 is 13.7 Å². The first-order valence-electron chi connectivity index (χ1n) is 3.21. The third-order valence-electron chi connectivity index (χ3n) is 0.783. The van der Waals surface area contributed by atoms with Crippen molar-refractivity contribution in [2.75, 3.05) is 13.2 Å². The number of hydrogen-bond donors (Lipinski definition) is 0. The summed E-state index contributed by atoms with van der Waals surface area (Å²) in [6.07, 6.45) is 2.78. The molecule has 0 aliphatic heterocycles. The standard InChI is InChI=1S/C7H10O4P/c1-3-5-10-7(8)12(9)11-6-4-2/h3-4H,1-2,5-6H2/q+1. The van der Waals surface area contributed by atoms with Gasteiger partial charge in [-0.25, -0.2) is 0 Å². The molecule has 5 heteroatoms. The van der Waals surface area contributed by atoms with E-state index in [9.17, 15) is 9.36 Å². The minimum absolute atomic E-state index is 0.0390. The van der Waals surface area contributed by atoms with Gasteiger partial charge in [0.25, 0.3) is 0 Å². The third kappa shape index (κ3) is 4.77. The van der Waals surface area contributed by atoms with E-state index in [0.29, 0.717) is 0 Å². The van der Waals surface area contributed by atoms with Gasteiger partial charge in [0.2, 0.25) is 0 Å². The predicted octanol–water partition coefficient (Wildman–Crippen LogP) is 2.25. The van der Waals surface area contributed by atoms with Gasteiger partial charge in [-0.15, -0.1) is 11.1 Å². The molecule has 0 amide bonds. The van der Waals surface area contributed by atoms with Gasteiger partial charge < -0.3 is 4.74 Å². The lowest BCUT2D eigenvalue weighted by molar-refractivity contribution is 0.180. The van der Waals surface area contributed by atoms with Gasteiger partial charge in [-0.1, -0.05) is 18.7 Å². The Kier molecular flexibility index (Phi) is 6.15. The lowest BCUT2D eigenvalue weighted by Gasteiger charge is -1.88. The molecule has 0 aromatic carbocycles. The zero-order valence-electron chi connectivity index (χ0n) is 6.56. The number of carbonyl (C=O) groups excluding carboxylic acids is 1. The lowest BCUT2D eigenvalue weighted by Crippen LogP contribution is -1.98. The van der Waals surface area contributed by atoms with E-state index in [4.69, 9.17) is 0 Å². The summed E-state index contributed by atoms with van der Waals surface area (Å²) in [6, 6.07) is 0. The fourth-order valence-corrected chi connectivity index (χ4v) is 0.882. The second kappa shape index (κ2) is 6.70. The maximum absolute atomic E-state index is 10.8. The number of rotatable bonds is 6. The highest BCUT2D eigenvalue weighted by atomic mass is 31.1. The van der Waals surface area contributed by atoms with E-state index >= 15 is 0 Å². The average molecular weight is 189 g/mol. The highest BCUT2D eigenvalue weighted by Crippen LogP contribution is 2.24. The van der Waals surface area contributed by atoms with Crippen molar-refractivity contribution in [3.05, 3.63) is 25.3 Å². The van der Waals surface area contributed by atoms with Gasteiger partial charge >= 0.3 is 13.7 Å². The Bertz CT molecular complexity index is 178. The van der Waals surface area contributed by atoms with Crippen LogP contribution in [0.25, 0.3) is 0 Å². The van der Waals surface area contributed by atoms with Crippen molar-refractivity contribution in [2.24, 2.45) is 0 Å². The predicted molar refractivity (Wildman–Crippen MR) is 45.3 cm³/mol. The summed E-state index contributed by atoms with van der Waals surface area (Å²) in [5.41, 5.74) is -0.869. The van der Waals surface area contributed by atoms with Crippen LogP contribution in [0.3, 0.4) is 0 Å². The quantitative estimate of drug-likeness (QED) is 0.475. The minimum Gasteiger partial charge on any atom is -0.421 e. The summed E-state index contributed by atoms with van der Waals surface area (Å²) in [7, 11) is -2.39. The molecule has 0 aliphatic rings. The van der Waals surface area contributed by atoms with Crippen molar-refractivity contribution in [2.45, 2.75) is 0 Å². The highest BCUT2D eigenvalue weighted by Gasteiger charge is 2.32. The second-order valence-electron chi connectivity index (χ2n) is 1.71. The molecule has 4 nitrogen and oxygen atoms in total. The van der Waals surface area contributed by atoms with Crippen molar-refractivity contribution < 1.29 is 18.6 Å². The Hall–Kier alpha value is -0.990. The molecule has 66 valence electrons. The Morgan fingerprint density at radius 1 is 1.33 bits per heavy atom. The third-order valence-corrected chi connectivity index (χ3v) is 1.59. The van der Waals surface area contributed by atoms with Gasteiger partial charge in [-0.05, 0) is 4.57 Å². The first-order valence-corrected chi connectivity index (χ1v) is 4.38. The maximum Gasteiger partial charge on any atom is 0.636 e. The van der Waals surface area contributed by atoms with Crippen LogP contribution in [0.5, 0.6) is 0 Å². The van der Waals surface area contributed by atoms with Crippen LogP contribution >= 0.6 is 8.03 Å². The molecular weight excluding hydrogens is 179 g/mol. The van der Waals surface area contributed by atoms with Crippen molar-refractivity contribution in [1.82, 2.24) is 0 Å². The minimum atomic E-state index is -2.39. The lowest BCUT2D eigenvalue weighted by atomic mass is 10.7. The molecule has 12 heavy (non-hydrogen) atoms. The maximum atomic E-state index is 10.8. The summed E-state index contributed by atoms with van der Waals surface area (Å²) in [6.45, 7) is 6.76. The Morgan fingerprint density at radius 2 is 1.92 bits per heavy atom. The second-order valence-corrected chi connectivity index (χ2v) is 2.84. The molecule has 0 heterocycles. The topological polar surface area (TPSA) is 52.6 Å². The Labute approximate surface area is 71.7 Å². The van der Waals surface area contributed by atoms with E-state index in [2.05, 4.69) is 22.4 Å². The van der Waals surface area contributed by atoms with Crippen molar-refractivity contribution >= 4 is 13.7 Å². The molecule has 0 fully saturated rings. The van der Waals surface area contributed by atoms with Crippen molar-refractivity contribution in [3.63, 3.8) is 0 Å². The number of ether oxygens (including phenoxy) is 1. The molecular formula is C7H10O4P+. The van der Waals surface area contributed by atoms with Gasteiger partial charge in [-0.2, -0.15) is 4.79 Å². The number of hydrogen-bond acceptors (Lipinski definition) is 4. The molecule has 0 aromatic heterocycles. The smallest absolute Gasteiger partial charge is 0.421 e. The van der Waals surface area contributed by atoms with E-state index in [0.717, 1.165) is 0 Å². The fraction of sp³-hybridized carbons (Fsp3) is 0.286. The zero-order chi connectivity index (χ0) is 9.40. The van der Waals surface area contributed by atoms with Crippen LogP contribution in [-0.4, -0.2) is 18.9 Å². The molecule has 0 spiro atoms. The summed E-state index contributed by atoms with van der Waals surface area (Å²) in [5, 5.41) is 0. The Balaban J connectivity index is 3.68. The first kappa shape index (κ1) is 11.0. The first-order chi connectivity index (χ1) is 5.72. The van der Waals surface area contributed by atoms with E-state index in [-0.39, 0.29) is 13.2 Å². The summed E-state index contributed by atoms with van der Waals surface area (Å²) >= 11 is 0. The summed E-state index contributed by atoms with van der Waals surface area (Å²) < 4.78 is 19.8. The van der Waals surface area contributed by atoms with E-state index in [1.54, 1.807) is 0 Å². The largest absolute Gasteiger partial charge is 0.636 e. The normalized spacial score (nSPS) is 10.2. The fourth-order valence-electron chi connectivity index (χ4n) is 0.356. The van der Waals surface area contributed by atoms with E-state index in [1.807, 2.05) is 0 Å².